The molecule has 0 unspecified atom stereocenters. The number of hydrogen-bond acceptors (Lipinski definition) is 7. The third kappa shape index (κ3) is 14.8. The first-order chi connectivity index (χ1) is 18.5. The zero-order valence-electron chi connectivity index (χ0n) is 21.6. The lowest BCUT2D eigenvalue weighted by Gasteiger charge is -2.49. The van der Waals surface area contributed by atoms with Crippen LogP contribution in [-0.4, -0.2) is 112 Å². The number of hydrogen-bond donors (Lipinski definition) is 3. The minimum atomic E-state index is -5.08. The number of morpholine rings is 1. The van der Waals surface area contributed by atoms with Gasteiger partial charge in [0.1, 0.15) is 0 Å². The number of rotatable bonds is 2. The Labute approximate surface area is 227 Å². The maximum absolute atomic E-state index is 10.6. The average molecular weight is 617 g/mol. The summed E-state index contributed by atoms with van der Waals surface area (Å²) in [4.78, 5) is 36.3. The van der Waals surface area contributed by atoms with Crippen LogP contribution in [-0.2, 0) is 25.7 Å². The summed E-state index contributed by atoms with van der Waals surface area (Å²) in [5.74, 6) is -8.27. The van der Waals surface area contributed by atoms with Crippen LogP contribution < -0.4 is 0 Å². The summed E-state index contributed by atoms with van der Waals surface area (Å²) >= 11 is 0. The predicted molar refractivity (Wildman–Crippen MR) is 121 cm³/mol. The Morgan fingerprint density at radius 1 is 0.854 bits per heavy atom. The number of ether oxygens (including phenoxy) is 1. The molecule has 19 heteroatoms. The van der Waals surface area contributed by atoms with Crippen molar-refractivity contribution in [3.63, 3.8) is 0 Å². The van der Waals surface area contributed by atoms with Gasteiger partial charge in [0.2, 0.25) is 0 Å². The van der Waals surface area contributed by atoms with E-state index in [1.54, 1.807) is 0 Å². The van der Waals surface area contributed by atoms with Gasteiger partial charge in [0.15, 0.2) is 0 Å². The molecule has 41 heavy (non-hydrogen) atoms. The highest BCUT2D eigenvalue weighted by atomic mass is 19.4. The Kier molecular flexibility index (Phi) is 14.5. The molecule has 236 valence electrons. The fourth-order valence-electron chi connectivity index (χ4n) is 3.38. The first-order valence-electron chi connectivity index (χ1n) is 11.4. The molecule has 1 aromatic heterocycles. The number of halogens is 9. The molecule has 10 nitrogen and oxygen atoms in total. The van der Waals surface area contributed by atoms with Gasteiger partial charge in [-0.3, -0.25) is 14.8 Å². The van der Waals surface area contributed by atoms with Crippen LogP contribution in [0.5, 0.6) is 0 Å². The van der Waals surface area contributed by atoms with Crippen LogP contribution in [0.25, 0.3) is 0 Å². The molecule has 0 aliphatic carbocycles. The second-order valence-corrected chi connectivity index (χ2v) is 8.65. The number of aromatic nitrogens is 1. The lowest BCUT2D eigenvalue weighted by atomic mass is 9.86. The predicted octanol–water partition coefficient (Wildman–Crippen LogP) is 3.59. The monoisotopic (exact) mass is 617 g/mol. The Morgan fingerprint density at radius 3 is 1.61 bits per heavy atom. The van der Waals surface area contributed by atoms with Gasteiger partial charge in [-0.2, -0.15) is 39.5 Å². The lowest BCUT2D eigenvalue weighted by molar-refractivity contribution is -0.193. The van der Waals surface area contributed by atoms with Crippen molar-refractivity contribution < 1.29 is 74.0 Å². The largest absolute Gasteiger partial charge is 0.490 e. The second-order valence-electron chi connectivity index (χ2n) is 8.65. The van der Waals surface area contributed by atoms with Crippen molar-refractivity contribution in [2.75, 3.05) is 39.9 Å². The minimum Gasteiger partial charge on any atom is -0.475 e. The number of carbonyl (C=O) groups is 3. The Hall–Kier alpha value is -3.19. The fraction of sp³-hybridized carbons (Fsp3) is 0.636. The molecule has 3 N–H and O–H groups in total. The Morgan fingerprint density at radius 2 is 1.27 bits per heavy atom. The van der Waals surface area contributed by atoms with Gasteiger partial charge in [-0.1, -0.05) is 6.07 Å². The van der Waals surface area contributed by atoms with Gasteiger partial charge in [0.05, 0.1) is 18.9 Å². The molecule has 2 fully saturated rings. The third-order valence-electron chi connectivity index (χ3n) is 5.60. The number of piperidine rings is 1. The number of likely N-dealkylation sites (N-methyl/N-ethyl adjacent to an activating group) is 1. The summed E-state index contributed by atoms with van der Waals surface area (Å²) in [5.41, 5.74) is 2.58. The molecule has 2 aliphatic rings. The number of aliphatic carboxylic acids is 3. The van der Waals surface area contributed by atoms with E-state index in [1.165, 1.54) is 18.5 Å². The number of alkyl halides is 9. The van der Waals surface area contributed by atoms with Gasteiger partial charge in [0, 0.05) is 37.4 Å². The first-order valence-corrected chi connectivity index (χ1v) is 11.4. The SMILES string of the molecule is Cc1cccc(CN2CCC3(CC2)COCCN3C)n1.O=C(O)C(F)(F)F.O=C(O)C(F)(F)F.O=C(O)C(F)(F)F. The molecule has 0 aromatic carbocycles. The van der Waals surface area contributed by atoms with E-state index in [2.05, 4.69) is 47.0 Å². The molecule has 2 saturated heterocycles. The van der Waals surface area contributed by atoms with Crippen LogP contribution in [0.2, 0.25) is 0 Å². The Balaban J connectivity index is 0.000000631. The van der Waals surface area contributed by atoms with Gasteiger partial charge in [-0.15, -0.1) is 0 Å². The number of aryl methyl sites for hydroxylation is 1. The van der Waals surface area contributed by atoms with Crippen LogP contribution in [0.4, 0.5) is 39.5 Å². The van der Waals surface area contributed by atoms with Crippen LogP contribution in [0.1, 0.15) is 24.2 Å². The van der Waals surface area contributed by atoms with Gasteiger partial charge < -0.3 is 20.1 Å². The minimum absolute atomic E-state index is 0.286. The normalized spacial score (nSPS) is 17.5. The lowest BCUT2D eigenvalue weighted by Crippen LogP contribution is -2.59. The standard InChI is InChI=1S/C16H25N3O.3C2HF3O2/c1-14-4-3-5-15(17-14)12-19-8-6-16(7-9-19)13-20-11-10-18(16)2;3*3-2(4,5)1(6)7/h3-5H,6-13H2,1-2H3;3*(H,6,7). The van der Waals surface area contributed by atoms with Crippen molar-refractivity contribution >= 4 is 17.9 Å². The molecule has 0 amide bonds. The molecule has 3 heterocycles. The van der Waals surface area contributed by atoms with Crippen LogP contribution in [0, 0.1) is 6.92 Å². The van der Waals surface area contributed by atoms with E-state index in [9.17, 15) is 39.5 Å². The zero-order chi connectivity index (χ0) is 32.2. The number of nitrogens with zero attached hydrogens (tertiary/aromatic N) is 3. The first kappa shape index (κ1) is 37.8. The van der Waals surface area contributed by atoms with E-state index in [0.29, 0.717) is 0 Å². The summed E-state index contributed by atoms with van der Waals surface area (Å²) < 4.78 is 101. The third-order valence-corrected chi connectivity index (χ3v) is 5.60. The summed E-state index contributed by atoms with van der Waals surface area (Å²) in [6.07, 6.45) is -12.8. The Bertz CT molecular complexity index is 937. The summed E-state index contributed by atoms with van der Waals surface area (Å²) in [7, 11) is 2.25. The van der Waals surface area contributed by atoms with Crippen LogP contribution in [0.3, 0.4) is 0 Å². The molecule has 0 bridgehead atoms. The smallest absolute Gasteiger partial charge is 0.475 e. The molecule has 0 radical (unpaired) electrons. The number of carboxylic acid groups (broad SMARTS) is 3. The highest BCUT2D eigenvalue weighted by molar-refractivity contribution is 5.73. The van der Waals surface area contributed by atoms with E-state index in [1.807, 2.05) is 0 Å². The molecular formula is C22H28F9N3O7. The van der Waals surface area contributed by atoms with E-state index in [0.717, 1.165) is 45.1 Å². The molecule has 1 aromatic rings. The van der Waals surface area contributed by atoms with Gasteiger partial charge in [0.25, 0.3) is 0 Å². The number of carboxylic acids is 3. The van der Waals surface area contributed by atoms with Gasteiger partial charge >= 0.3 is 36.4 Å². The molecular weight excluding hydrogens is 589 g/mol. The van der Waals surface area contributed by atoms with Crippen LogP contribution >= 0.6 is 0 Å². The average Bonchev–Trinajstić information content (AvgIpc) is 2.82. The van der Waals surface area contributed by atoms with E-state index < -0.39 is 36.4 Å². The van der Waals surface area contributed by atoms with Crippen molar-refractivity contribution in [3.05, 3.63) is 29.6 Å². The molecule has 0 saturated carbocycles. The fourth-order valence-corrected chi connectivity index (χ4v) is 3.38. The number of likely N-dealkylation sites (tertiary alicyclic amines) is 1. The van der Waals surface area contributed by atoms with Crippen molar-refractivity contribution in [2.24, 2.45) is 0 Å². The van der Waals surface area contributed by atoms with Crippen molar-refractivity contribution in [1.82, 2.24) is 14.8 Å². The molecule has 3 rings (SSSR count). The second kappa shape index (κ2) is 15.7. The van der Waals surface area contributed by atoms with E-state index >= 15 is 0 Å². The van der Waals surface area contributed by atoms with E-state index in [4.69, 9.17) is 34.4 Å². The van der Waals surface area contributed by atoms with Gasteiger partial charge in [-0.05, 0) is 38.9 Å². The summed E-state index contributed by atoms with van der Waals surface area (Å²) in [5, 5.41) is 21.4. The maximum atomic E-state index is 10.6. The highest BCUT2D eigenvalue weighted by Gasteiger charge is 2.41. The summed E-state index contributed by atoms with van der Waals surface area (Å²) in [6.45, 7) is 8.17. The zero-order valence-corrected chi connectivity index (χ0v) is 21.6. The molecule has 2 aliphatic heterocycles. The van der Waals surface area contributed by atoms with E-state index in [-0.39, 0.29) is 5.54 Å². The number of pyridine rings is 1. The molecule has 1 spiro atoms. The molecule has 0 atom stereocenters. The van der Waals surface area contributed by atoms with Gasteiger partial charge in [-0.25, -0.2) is 14.4 Å². The van der Waals surface area contributed by atoms with Crippen molar-refractivity contribution in [1.29, 1.82) is 0 Å². The van der Waals surface area contributed by atoms with Crippen LogP contribution in [0.15, 0.2) is 18.2 Å². The summed E-state index contributed by atoms with van der Waals surface area (Å²) in [6, 6.07) is 6.29. The quantitative estimate of drug-likeness (QED) is 0.422. The topological polar surface area (TPSA) is 140 Å². The highest BCUT2D eigenvalue weighted by Crippen LogP contribution is 2.31. The maximum Gasteiger partial charge on any atom is 0.490 e. The van der Waals surface area contributed by atoms with Crippen molar-refractivity contribution in [3.8, 4) is 0 Å². The van der Waals surface area contributed by atoms with Crippen molar-refractivity contribution in [2.45, 2.75) is 50.4 Å².